The molecule has 23 heavy (non-hydrogen) atoms. The Hall–Kier alpha value is -2.44. The molecule has 0 aliphatic rings. The fourth-order valence-corrected chi connectivity index (χ4v) is 1.93. The van der Waals surface area contributed by atoms with Crippen LogP contribution in [0, 0.1) is 5.82 Å². The Labute approximate surface area is 141 Å². The maximum Gasteiger partial charge on any atom is 0.329 e. The van der Waals surface area contributed by atoms with Gasteiger partial charge in [0, 0.05) is 5.56 Å². The minimum atomic E-state index is -1.05. The van der Waals surface area contributed by atoms with Crippen LogP contribution in [0.1, 0.15) is 5.56 Å². The SMILES string of the molecule is O=C(N/N=C\c1cccc(Cl)c1Cl)C(=O)Nc1ccccc1F. The highest BCUT2D eigenvalue weighted by molar-refractivity contribution is 6.43. The lowest BCUT2D eigenvalue weighted by atomic mass is 10.2. The van der Waals surface area contributed by atoms with Gasteiger partial charge in [-0.1, -0.05) is 47.5 Å². The summed E-state index contributed by atoms with van der Waals surface area (Å²) in [6, 6.07) is 10.4. The highest BCUT2D eigenvalue weighted by Gasteiger charge is 2.14. The van der Waals surface area contributed by atoms with Crippen molar-refractivity contribution in [2.75, 3.05) is 5.32 Å². The van der Waals surface area contributed by atoms with Gasteiger partial charge in [-0.15, -0.1) is 0 Å². The number of halogens is 3. The number of benzene rings is 2. The predicted octanol–water partition coefficient (Wildman–Crippen LogP) is 3.22. The molecule has 5 nitrogen and oxygen atoms in total. The Bertz CT molecular complexity index is 781. The molecule has 0 saturated carbocycles. The molecular weight excluding hydrogens is 344 g/mol. The van der Waals surface area contributed by atoms with E-state index in [2.05, 4.69) is 10.4 Å². The van der Waals surface area contributed by atoms with Crippen LogP contribution in [0.2, 0.25) is 10.0 Å². The zero-order valence-electron chi connectivity index (χ0n) is 11.5. The monoisotopic (exact) mass is 353 g/mol. The molecule has 0 fully saturated rings. The number of carbonyl (C=O) groups is 2. The molecule has 0 aromatic heterocycles. The molecule has 0 atom stereocenters. The molecule has 0 radical (unpaired) electrons. The molecule has 0 aliphatic carbocycles. The molecule has 2 rings (SSSR count). The van der Waals surface area contributed by atoms with Gasteiger partial charge in [0.1, 0.15) is 5.82 Å². The molecule has 2 aromatic carbocycles. The zero-order chi connectivity index (χ0) is 16.8. The zero-order valence-corrected chi connectivity index (χ0v) is 13.0. The third kappa shape index (κ3) is 4.51. The number of amides is 2. The van der Waals surface area contributed by atoms with E-state index in [1.165, 1.54) is 24.4 Å². The number of hydrogen-bond donors (Lipinski definition) is 2. The summed E-state index contributed by atoms with van der Waals surface area (Å²) < 4.78 is 13.4. The number of nitrogens with one attached hydrogen (secondary N) is 2. The van der Waals surface area contributed by atoms with Crippen LogP contribution in [0.15, 0.2) is 47.6 Å². The van der Waals surface area contributed by atoms with Gasteiger partial charge in [0.25, 0.3) is 0 Å². The molecule has 2 amide bonds. The first kappa shape index (κ1) is 16.9. The third-order valence-corrected chi connectivity index (χ3v) is 3.51. The van der Waals surface area contributed by atoms with E-state index in [0.717, 1.165) is 6.07 Å². The lowest BCUT2D eigenvalue weighted by Crippen LogP contribution is -2.32. The van der Waals surface area contributed by atoms with Crippen molar-refractivity contribution < 1.29 is 14.0 Å². The van der Waals surface area contributed by atoms with Gasteiger partial charge in [-0.3, -0.25) is 9.59 Å². The van der Waals surface area contributed by atoms with Crippen LogP contribution in [0.4, 0.5) is 10.1 Å². The summed E-state index contributed by atoms with van der Waals surface area (Å²) in [4.78, 5) is 23.2. The number of carbonyl (C=O) groups excluding carboxylic acids is 2. The van der Waals surface area contributed by atoms with Crippen molar-refractivity contribution in [1.29, 1.82) is 0 Å². The van der Waals surface area contributed by atoms with E-state index in [1.54, 1.807) is 18.2 Å². The van der Waals surface area contributed by atoms with E-state index in [9.17, 15) is 14.0 Å². The Balaban J connectivity index is 1.96. The average Bonchev–Trinajstić information content (AvgIpc) is 2.53. The number of hydrazone groups is 1. The van der Waals surface area contributed by atoms with Gasteiger partial charge in [0.15, 0.2) is 0 Å². The number of para-hydroxylation sites is 1. The molecule has 8 heteroatoms. The van der Waals surface area contributed by atoms with Gasteiger partial charge >= 0.3 is 11.8 Å². The molecule has 2 aromatic rings. The summed E-state index contributed by atoms with van der Waals surface area (Å²) in [7, 11) is 0. The number of rotatable bonds is 3. The first-order valence-electron chi connectivity index (χ1n) is 6.32. The van der Waals surface area contributed by atoms with Crippen LogP contribution < -0.4 is 10.7 Å². The molecular formula is C15H10Cl2FN3O2. The smallest absolute Gasteiger partial charge is 0.315 e. The summed E-state index contributed by atoms with van der Waals surface area (Å²) >= 11 is 11.8. The van der Waals surface area contributed by atoms with Gasteiger partial charge in [-0.25, -0.2) is 9.82 Å². The van der Waals surface area contributed by atoms with Crippen molar-refractivity contribution in [1.82, 2.24) is 5.43 Å². The fourth-order valence-electron chi connectivity index (χ4n) is 1.57. The summed E-state index contributed by atoms with van der Waals surface area (Å²) in [5.41, 5.74) is 2.38. The van der Waals surface area contributed by atoms with Gasteiger partial charge in [0.2, 0.25) is 0 Å². The first-order valence-corrected chi connectivity index (χ1v) is 7.07. The van der Waals surface area contributed by atoms with Crippen molar-refractivity contribution in [3.05, 3.63) is 63.9 Å². The lowest BCUT2D eigenvalue weighted by molar-refractivity contribution is -0.136. The Morgan fingerprint density at radius 3 is 2.52 bits per heavy atom. The predicted molar refractivity (Wildman–Crippen MR) is 87.2 cm³/mol. The summed E-state index contributed by atoms with van der Waals surface area (Å²) in [6.07, 6.45) is 1.24. The van der Waals surface area contributed by atoms with Crippen LogP contribution in [0.5, 0.6) is 0 Å². The fraction of sp³-hybridized carbons (Fsp3) is 0. The topological polar surface area (TPSA) is 70.6 Å². The quantitative estimate of drug-likeness (QED) is 0.505. The number of anilines is 1. The largest absolute Gasteiger partial charge is 0.329 e. The second kappa shape index (κ2) is 7.71. The highest BCUT2D eigenvalue weighted by atomic mass is 35.5. The van der Waals surface area contributed by atoms with E-state index in [1.807, 2.05) is 5.43 Å². The lowest BCUT2D eigenvalue weighted by Gasteiger charge is -2.04. The van der Waals surface area contributed by atoms with Crippen molar-refractivity contribution in [2.24, 2.45) is 5.10 Å². The Kier molecular flexibility index (Phi) is 5.67. The molecule has 0 heterocycles. The van der Waals surface area contributed by atoms with Crippen molar-refractivity contribution in [3.63, 3.8) is 0 Å². The molecule has 0 saturated heterocycles. The van der Waals surface area contributed by atoms with Crippen LogP contribution in [-0.2, 0) is 9.59 Å². The van der Waals surface area contributed by atoms with Crippen molar-refractivity contribution in [3.8, 4) is 0 Å². The molecule has 2 N–H and O–H groups in total. The highest BCUT2D eigenvalue weighted by Crippen LogP contribution is 2.24. The Morgan fingerprint density at radius 2 is 1.78 bits per heavy atom. The van der Waals surface area contributed by atoms with Crippen LogP contribution in [0.25, 0.3) is 0 Å². The van der Waals surface area contributed by atoms with Gasteiger partial charge in [0.05, 0.1) is 21.9 Å². The summed E-state index contributed by atoms with van der Waals surface area (Å²) in [5.74, 6) is -2.75. The second-order valence-corrected chi connectivity index (χ2v) is 5.06. The van der Waals surface area contributed by atoms with E-state index in [0.29, 0.717) is 10.6 Å². The van der Waals surface area contributed by atoms with Crippen molar-refractivity contribution in [2.45, 2.75) is 0 Å². The maximum absolute atomic E-state index is 13.4. The molecule has 118 valence electrons. The van der Waals surface area contributed by atoms with E-state index in [-0.39, 0.29) is 10.7 Å². The Morgan fingerprint density at radius 1 is 1.04 bits per heavy atom. The van der Waals surface area contributed by atoms with Crippen LogP contribution in [0.3, 0.4) is 0 Å². The normalized spacial score (nSPS) is 10.6. The molecule has 0 bridgehead atoms. The minimum absolute atomic E-state index is 0.102. The van der Waals surface area contributed by atoms with E-state index >= 15 is 0 Å². The van der Waals surface area contributed by atoms with Gasteiger partial charge in [-0.2, -0.15) is 5.10 Å². The third-order valence-electron chi connectivity index (χ3n) is 2.68. The van der Waals surface area contributed by atoms with Gasteiger partial charge < -0.3 is 5.32 Å². The molecule has 0 unspecified atom stereocenters. The van der Waals surface area contributed by atoms with E-state index < -0.39 is 17.6 Å². The summed E-state index contributed by atoms with van der Waals surface area (Å²) in [6.45, 7) is 0. The summed E-state index contributed by atoms with van der Waals surface area (Å²) in [5, 5.41) is 6.34. The first-order chi connectivity index (χ1) is 11.0. The standard InChI is InChI=1S/C15H10Cl2FN3O2/c16-10-5-3-4-9(13(10)17)8-19-21-15(23)14(22)20-12-7-2-1-6-11(12)18/h1-8H,(H,20,22)(H,21,23)/b19-8-. The van der Waals surface area contributed by atoms with Crippen LogP contribution >= 0.6 is 23.2 Å². The van der Waals surface area contributed by atoms with Crippen LogP contribution in [-0.4, -0.2) is 18.0 Å². The number of nitrogens with zero attached hydrogens (tertiary/aromatic N) is 1. The van der Waals surface area contributed by atoms with Crippen molar-refractivity contribution >= 4 is 46.9 Å². The minimum Gasteiger partial charge on any atom is -0.315 e. The average molecular weight is 354 g/mol. The second-order valence-electron chi connectivity index (χ2n) is 4.28. The van der Waals surface area contributed by atoms with Gasteiger partial charge in [-0.05, 0) is 18.2 Å². The number of hydrogen-bond acceptors (Lipinski definition) is 3. The molecule has 0 aliphatic heterocycles. The maximum atomic E-state index is 13.4. The van der Waals surface area contributed by atoms with E-state index in [4.69, 9.17) is 23.2 Å². The molecule has 0 spiro atoms.